The van der Waals surface area contributed by atoms with E-state index in [0.29, 0.717) is 12.5 Å². The van der Waals surface area contributed by atoms with Gasteiger partial charge in [0.15, 0.2) is 0 Å². The quantitative estimate of drug-likeness (QED) is 0.688. The van der Waals surface area contributed by atoms with Crippen LogP contribution in [0.4, 0.5) is 5.69 Å². The molecule has 1 aromatic rings. The first-order chi connectivity index (χ1) is 7.59. The summed E-state index contributed by atoms with van der Waals surface area (Å²) in [5.74, 6) is 0.515. The largest absolute Gasteiger partial charge is 0.390 e. The Hall–Kier alpha value is -1.06. The predicted molar refractivity (Wildman–Crippen MR) is 68.4 cm³/mol. The summed E-state index contributed by atoms with van der Waals surface area (Å²) in [7, 11) is 0. The third-order valence-corrected chi connectivity index (χ3v) is 2.53. The SMILES string of the molecule is CC(C)CC(N)C(O)CNc1ccccc1. The van der Waals surface area contributed by atoms with Gasteiger partial charge >= 0.3 is 0 Å². The molecule has 0 aliphatic heterocycles. The van der Waals surface area contributed by atoms with E-state index in [1.807, 2.05) is 30.3 Å². The number of hydrogen-bond donors (Lipinski definition) is 3. The fraction of sp³-hybridized carbons (Fsp3) is 0.538. The zero-order valence-electron chi connectivity index (χ0n) is 10.1. The van der Waals surface area contributed by atoms with Gasteiger partial charge in [0, 0.05) is 18.3 Å². The predicted octanol–water partition coefficient (Wildman–Crippen LogP) is 1.83. The van der Waals surface area contributed by atoms with Crippen molar-refractivity contribution in [1.82, 2.24) is 0 Å². The average Bonchev–Trinajstić information content (AvgIpc) is 2.26. The summed E-state index contributed by atoms with van der Waals surface area (Å²) < 4.78 is 0. The minimum absolute atomic E-state index is 0.156. The molecule has 2 unspecified atom stereocenters. The monoisotopic (exact) mass is 222 g/mol. The summed E-state index contributed by atoms with van der Waals surface area (Å²) in [5.41, 5.74) is 6.90. The molecule has 90 valence electrons. The summed E-state index contributed by atoms with van der Waals surface area (Å²) in [4.78, 5) is 0. The first-order valence-corrected chi connectivity index (χ1v) is 5.82. The maximum Gasteiger partial charge on any atom is 0.0863 e. The van der Waals surface area contributed by atoms with Gasteiger partial charge in [0.2, 0.25) is 0 Å². The lowest BCUT2D eigenvalue weighted by Gasteiger charge is -2.21. The van der Waals surface area contributed by atoms with E-state index in [4.69, 9.17) is 5.73 Å². The van der Waals surface area contributed by atoms with Gasteiger partial charge in [-0.3, -0.25) is 0 Å². The number of anilines is 1. The molecule has 0 aliphatic carbocycles. The van der Waals surface area contributed by atoms with Crippen LogP contribution in [0.5, 0.6) is 0 Å². The Morgan fingerprint density at radius 3 is 2.44 bits per heavy atom. The summed E-state index contributed by atoms with van der Waals surface area (Å²) in [6.07, 6.45) is 0.347. The second-order valence-electron chi connectivity index (χ2n) is 4.61. The van der Waals surface area contributed by atoms with E-state index in [0.717, 1.165) is 12.1 Å². The van der Waals surface area contributed by atoms with Gasteiger partial charge in [0.05, 0.1) is 6.10 Å². The van der Waals surface area contributed by atoms with Crippen LogP contribution in [0.15, 0.2) is 30.3 Å². The van der Waals surface area contributed by atoms with E-state index in [2.05, 4.69) is 19.2 Å². The number of para-hydroxylation sites is 1. The van der Waals surface area contributed by atoms with Gasteiger partial charge < -0.3 is 16.2 Å². The van der Waals surface area contributed by atoms with Gasteiger partial charge in [0.1, 0.15) is 0 Å². The number of rotatable bonds is 6. The van der Waals surface area contributed by atoms with E-state index in [9.17, 15) is 5.11 Å². The molecule has 0 fully saturated rings. The van der Waals surface area contributed by atoms with Crippen LogP contribution in [-0.2, 0) is 0 Å². The Morgan fingerprint density at radius 2 is 1.88 bits per heavy atom. The third-order valence-electron chi connectivity index (χ3n) is 2.53. The molecular formula is C13H22N2O. The molecule has 0 aliphatic rings. The lowest BCUT2D eigenvalue weighted by molar-refractivity contribution is 0.146. The summed E-state index contributed by atoms with van der Waals surface area (Å²) >= 11 is 0. The van der Waals surface area contributed by atoms with Crippen molar-refractivity contribution in [3.05, 3.63) is 30.3 Å². The highest BCUT2D eigenvalue weighted by Crippen LogP contribution is 2.08. The lowest BCUT2D eigenvalue weighted by Crippen LogP contribution is -2.40. The maximum atomic E-state index is 9.84. The second kappa shape index (κ2) is 6.51. The molecule has 3 nitrogen and oxygen atoms in total. The van der Waals surface area contributed by atoms with Gasteiger partial charge in [-0.1, -0.05) is 32.0 Å². The van der Waals surface area contributed by atoms with Crippen LogP contribution in [0, 0.1) is 5.92 Å². The molecule has 3 heteroatoms. The molecule has 2 atom stereocenters. The second-order valence-corrected chi connectivity index (χ2v) is 4.61. The Morgan fingerprint density at radius 1 is 1.25 bits per heavy atom. The molecule has 0 amide bonds. The summed E-state index contributed by atoms with van der Waals surface area (Å²) in [6, 6.07) is 9.68. The summed E-state index contributed by atoms with van der Waals surface area (Å²) in [5, 5.41) is 13.0. The topological polar surface area (TPSA) is 58.3 Å². The van der Waals surface area contributed by atoms with Crippen LogP contribution >= 0.6 is 0 Å². The molecule has 0 bridgehead atoms. The van der Waals surface area contributed by atoms with Crippen molar-refractivity contribution in [2.24, 2.45) is 11.7 Å². The minimum Gasteiger partial charge on any atom is -0.390 e. The molecule has 0 aromatic heterocycles. The molecule has 0 radical (unpaired) electrons. The molecule has 0 saturated carbocycles. The highest BCUT2D eigenvalue weighted by atomic mass is 16.3. The number of nitrogens with one attached hydrogen (secondary N) is 1. The van der Waals surface area contributed by atoms with Crippen molar-refractivity contribution < 1.29 is 5.11 Å². The Labute approximate surface area is 97.7 Å². The van der Waals surface area contributed by atoms with Crippen molar-refractivity contribution >= 4 is 5.69 Å². The molecular weight excluding hydrogens is 200 g/mol. The standard InChI is InChI=1S/C13H22N2O/c1-10(2)8-12(14)13(16)9-15-11-6-4-3-5-7-11/h3-7,10,12-13,15-16H,8-9,14H2,1-2H3. The van der Waals surface area contributed by atoms with E-state index >= 15 is 0 Å². The number of aliphatic hydroxyl groups is 1. The third kappa shape index (κ3) is 4.64. The van der Waals surface area contributed by atoms with Crippen LogP contribution in [0.25, 0.3) is 0 Å². The van der Waals surface area contributed by atoms with E-state index in [-0.39, 0.29) is 6.04 Å². The molecule has 1 rings (SSSR count). The number of benzene rings is 1. The molecule has 1 aromatic carbocycles. The van der Waals surface area contributed by atoms with Gasteiger partial charge in [0.25, 0.3) is 0 Å². The maximum absolute atomic E-state index is 9.84. The van der Waals surface area contributed by atoms with Crippen LogP contribution < -0.4 is 11.1 Å². The molecule has 0 heterocycles. The summed E-state index contributed by atoms with van der Waals surface area (Å²) in [6.45, 7) is 4.71. The molecule has 16 heavy (non-hydrogen) atoms. The number of hydrogen-bond acceptors (Lipinski definition) is 3. The normalized spacial score (nSPS) is 14.8. The number of aliphatic hydroxyl groups excluding tert-OH is 1. The van der Waals surface area contributed by atoms with Crippen molar-refractivity contribution in [2.45, 2.75) is 32.4 Å². The molecule has 4 N–H and O–H groups in total. The van der Waals surface area contributed by atoms with E-state index in [1.54, 1.807) is 0 Å². The molecule has 0 spiro atoms. The minimum atomic E-state index is -0.498. The number of nitrogens with two attached hydrogens (primary N) is 1. The highest BCUT2D eigenvalue weighted by molar-refractivity contribution is 5.42. The van der Waals surface area contributed by atoms with Gasteiger partial charge in [-0.05, 0) is 24.5 Å². The van der Waals surface area contributed by atoms with E-state index in [1.165, 1.54) is 0 Å². The lowest BCUT2D eigenvalue weighted by atomic mass is 10.00. The van der Waals surface area contributed by atoms with Gasteiger partial charge in [-0.25, -0.2) is 0 Å². The molecule has 0 saturated heterocycles. The zero-order chi connectivity index (χ0) is 12.0. The van der Waals surface area contributed by atoms with Gasteiger partial charge in [-0.2, -0.15) is 0 Å². The van der Waals surface area contributed by atoms with Gasteiger partial charge in [-0.15, -0.1) is 0 Å². The van der Waals surface area contributed by atoms with E-state index < -0.39 is 6.10 Å². The fourth-order valence-corrected chi connectivity index (χ4v) is 1.63. The fourth-order valence-electron chi connectivity index (χ4n) is 1.63. The zero-order valence-corrected chi connectivity index (χ0v) is 10.1. The Bertz CT molecular complexity index is 287. The van der Waals surface area contributed by atoms with Crippen molar-refractivity contribution in [3.8, 4) is 0 Å². The first-order valence-electron chi connectivity index (χ1n) is 5.82. The van der Waals surface area contributed by atoms with Crippen molar-refractivity contribution in [1.29, 1.82) is 0 Å². The average molecular weight is 222 g/mol. The highest BCUT2D eigenvalue weighted by Gasteiger charge is 2.15. The van der Waals surface area contributed by atoms with Crippen molar-refractivity contribution in [3.63, 3.8) is 0 Å². The first kappa shape index (κ1) is 13.0. The Kier molecular flexibility index (Phi) is 5.29. The smallest absolute Gasteiger partial charge is 0.0863 e. The van der Waals surface area contributed by atoms with Crippen LogP contribution in [0.2, 0.25) is 0 Å². The Balaban J connectivity index is 2.32. The van der Waals surface area contributed by atoms with Crippen LogP contribution in [0.3, 0.4) is 0 Å². The van der Waals surface area contributed by atoms with Crippen LogP contribution in [0.1, 0.15) is 20.3 Å². The van der Waals surface area contributed by atoms with Crippen molar-refractivity contribution in [2.75, 3.05) is 11.9 Å². The van der Waals surface area contributed by atoms with Crippen LogP contribution in [-0.4, -0.2) is 23.8 Å².